The highest BCUT2D eigenvalue weighted by atomic mass is 127. The number of aromatic nitrogens is 2. The van der Waals surface area contributed by atoms with Crippen LogP contribution in [0.15, 0.2) is 47.8 Å². The van der Waals surface area contributed by atoms with Gasteiger partial charge >= 0.3 is 0 Å². The van der Waals surface area contributed by atoms with E-state index in [1.807, 2.05) is 43.4 Å². The van der Waals surface area contributed by atoms with Gasteiger partial charge < -0.3 is 20.1 Å². The minimum Gasteiger partial charge on any atom is -0.362 e. The van der Waals surface area contributed by atoms with Gasteiger partial charge in [0.2, 0.25) is 0 Å². The summed E-state index contributed by atoms with van der Waals surface area (Å²) >= 11 is 0. The largest absolute Gasteiger partial charge is 0.362 e. The van der Waals surface area contributed by atoms with Crippen molar-refractivity contribution >= 4 is 35.8 Å². The second kappa shape index (κ2) is 10.1. The summed E-state index contributed by atoms with van der Waals surface area (Å²) in [6, 6.07) is 8.07. The maximum atomic E-state index is 4.40. The first-order chi connectivity index (χ1) is 10.7. The van der Waals surface area contributed by atoms with Gasteiger partial charge in [0.15, 0.2) is 5.96 Å². The van der Waals surface area contributed by atoms with Crippen molar-refractivity contribution in [3.05, 3.63) is 48.4 Å². The highest BCUT2D eigenvalue weighted by Gasteiger charge is 2.06. The third-order valence-electron chi connectivity index (χ3n) is 3.29. The van der Waals surface area contributed by atoms with E-state index in [4.69, 9.17) is 0 Å². The molecule has 2 heterocycles. The predicted octanol–water partition coefficient (Wildman–Crippen LogP) is 1.93. The van der Waals surface area contributed by atoms with E-state index in [-0.39, 0.29) is 24.0 Å². The zero-order chi connectivity index (χ0) is 15.8. The average molecular weight is 428 g/mol. The van der Waals surface area contributed by atoms with Gasteiger partial charge in [-0.15, -0.1) is 24.0 Å². The number of nitrogens with one attached hydrogen (secondary N) is 2. The summed E-state index contributed by atoms with van der Waals surface area (Å²) < 4.78 is 2.13. The van der Waals surface area contributed by atoms with Crippen LogP contribution in [0.25, 0.3) is 0 Å². The molecule has 0 aliphatic rings. The number of rotatable bonds is 6. The molecule has 0 aliphatic carbocycles. The zero-order valence-corrected chi connectivity index (χ0v) is 16.2. The van der Waals surface area contributed by atoms with Crippen LogP contribution in [0.2, 0.25) is 0 Å². The summed E-state index contributed by atoms with van der Waals surface area (Å²) in [6.45, 7) is 2.41. The fourth-order valence-electron chi connectivity index (χ4n) is 2.19. The average Bonchev–Trinajstić information content (AvgIpc) is 3.04. The maximum Gasteiger partial charge on any atom is 0.191 e. The van der Waals surface area contributed by atoms with Gasteiger partial charge in [0.05, 0.1) is 0 Å². The Bertz CT molecular complexity index is 594. The molecule has 0 radical (unpaired) electrons. The number of anilines is 1. The second-order valence-electron chi connectivity index (χ2n) is 5.15. The highest BCUT2D eigenvalue weighted by molar-refractivity contribution is 14.0. The molecule has 0 spiro atoms. The van der Waals surface area contributed by atoms with E-state index < -0.39 is 0 Å². The van der Waals surface area contributed by atoms with E-state index in [0.29, 0.717) is 6.54 Å². The molecule has 0 amide bonds. The Morgan fingerprint density at radius 3 is 2.61 bits per heavy atom. The van der Waals surface area contributed by atoms with Gasteiger partial charge in [0.1, 0.15) is 5.82 Å². The molecule has 2 rings (SSSR count). The Morgan fingerprint density at radius 1 is 1.22 bits per heavy atom. The normalized spacial score (nSPS) is 10.8. The number of nitrogens with zero attached hydrogens (tertiary/aromatic N) is 4. The first-order valence-electron chi connectivity index (χ1n) is 7.37. The van der Waals surface area contributed by atoms with Crippen LogP contribution in [0.5, 0.6) is 0 Å². The van der Waals surface area contributed by atoms with E-state index in [1.54, 1.807) is 7.05 Å². The van der Waals surface area contributed by atoms with Crippen LogP contribution in [0.1, 0.15) is 5.56 Å². The van der Waals surface area contributed by atoms with Crippen LogP contribution in [0.4, 0.5) is 5.82 Å². The minimum absolute atomic E-state index is 0. The summed E-state index contributed by atoms with van der Waals surface area (Å²) in [7, 11) is 5.77. The van der Waals surface area contributed by atoms with Gasteiger partial charge in [-0.3, -0.25) is 4.99 Å². The molecule has 0 atom stereocenters. The van der Waals surface area contributed by atoms with Crippen LogP contribution in [-0.2, 0) is 13.1 Å². The molecule has 7 heteroatoms. The maximum absolute atomic E-state index is 4.40. The topological polar surface area (TPSA) is 57.5 Å². The van der Waals surface area contributed by atoms with Crippen LogP contribution < -0.4 is 15.5 Å². The Balaban J connectivity index is 0.00000264. The highest BCUT2D eigenvalue weighted by Crippen LogP contribution is 2.13. The van der Waals surface area contributed by atoms with E-state index in [9.17, 15) is 0 Å². The van der Waals surface area contributed by atoms with E-state index in [2.05, 4.69) is 43.6 Å². The molecule has 0 bridgehead atoms. The van der Waals surface area contributed by atoms with Gasteiger partial charge in [0.25, 0.3) is 0 Å². The predicted molar refractivity (Wildman–Crippen MR) is 107 cm³/mol. The molecular weight excluding hydrogens is 403 g/mol. The molecule has 2 N–H and O–H groups in total. The fraction of sp³-hybridized carbons (Fsp3) is 0.375. The van der Waals surface area contributed by atoms with Crippen molar-refractivity contribution in [3.8, 4) is 0 Å². The quantitative estimate of drug-likeness (QED) is 0.420. The SMILES string of the molecule is CN=C(NCCn1cccc1)NCc1cccnc1N(C)C.I. The smallest absolute Gasteiger partial charge is 0.191 e. The summed E-state index contributed by atoms with van der Waals surface area (Å²) in [6.07, 6.45) is 5.91. The standard InChI is InChI=1S/C16H24N6.HI/c1-17-16(19-9-12-22-10-4-5-11-22)20-13-14-7-6-8-18-15(14)21(2)3;/h4-8,10-11H,9,12-13H2,1-3H3,(H2,17,19,20);1H. The molecule has 0 saturated carbocycles. The molecule has 0 aliphatic heterocycles. The third-order valence-corrected chi connectivity index (χ3v) is 3.29. The molecule has 23 heavy (non-hydrogen) atoms. The van der Waals surface area contributed by atoms with Crippen LogP contribution >= 0.6 is 24.0 Å². The Morgan fingerprint density at radius 2 is 1.96 bits per heavy atom. The first kappa shape index (κ1) is 19.3. The van der Waals surface area contributed by atoms with Crippen molar-refractivity contribution in [1.82, 2.24) is 20.2 Å². The second-order valence-corrected chi connectivity index (χ2v) is 5.15. The Hall–Kier alpha value is -1.77. The Labute approximate surface area is 155 Å². The molecule has 2 aromatic heterocycles. The van der Waals surface area contributed by atoms with Crippen LogP contribution in [-0.4, -0.2) is 43.2 Å². The van der Waals surface area contributed by atoms with Crippen LogP contribution in [0.3, 0.4) is 0 Å². The zero-order valence-electron chi connectivity index (χ0n) is 13.9. The molecule has 126 valence electrons. The molecule has 0 saturated heterocycles. The molecule has 0 aromatic carbocycles. The van der Waals surface area contributed by atoms with Crippen molar-refractivity contribution in [2.45, 2.75) is 13.1 Å². The molecule has 0 fully saturated rings. The fourth-order valence-corrected chi connectivity index (χ4v) is 2.19. The van der Waals surface area contributed by atoms with Crippen molar-refractivity contribution in [2.24, 2.45) is 4.99 Å². The summed E-state index contributed by atoms with van der Waals surface area (Å²) in [5.41, 5.74) is 1.14. The third kappa shape index (κ3) is 6.09. The molecule has 0 unspecified atom stereocenters. The lowest BCUT2D eigenvalue weighted by molar-refractivity contribution is 0.665. The number of guanidine groups is 1. The lowest BCUT2D eigenvalue weighted by Gasteiger charge is -2.17. The summed E-state index contributed by atoms with van der Waals surface area (Å²) in [5, 5.41) is 6.63. The van der Waals surface area contributed by atoms with Gasteiger partial charge in [-0.05, 0) is 18.2 Å². The van der Waals surface area contributed by atoms with Crippen molar-refractivity contribution < 1.29 is 0 Å². The summed E-state index contributed by atoms with van der Waals surface area (Å²) in [4.78, 5) is 10.7. The number of hydrogen-bond acceptors (Lipinski definition) is 3. The first-order valence-corrected chi connectivity index (χ1v) is 7.37. The minimum atomic E-state index is 0. The van der Waals surface area contributed by atoms with Gasteiger partial charge in [-0.2, -0.15) is 0 Å². The van der Waals surface area contributed by atoms with E-state index in [1.165, 1.54) is 0 Å². The lowest BCUT2D eigenvalue weighted by Crippen LogP contribution is -2.38. The summed E-state index contributed by atoms with van der Waals surface area (Å²) in [5.74, 6) is 1.76. The molecular formula is C16H25IN6. The van der Waals surface area contributed by atoms with Crippen molar-refractivity contribution in [3.63, 3.8) is 0 Å². The van der Waals surface area contributed by atoms with Gasteiger partial charge in [0, 0.05) is 64.9 Å². The number of hydrogen-bond donors (Lipinski definition) is 2. The van der Waals surface area contributed by atoms with E-state index in [0.717, 1.165) is 30.4 Å². The van der Waals surface area contributed by atoms with Gasteiger partial charge in [-0.25, -0.2) is 4.98 Å². The number of halogens is 1. The monoisotopic (exact) mass is 428 g/mol. The number of aliphatic imine (C=N–C) groups is 1. The van der Waals surface area contributed by atoms with E-state index >= 15 is 0 Å². The lowest BCUT2D eigenvalue weighted by atomic mass is 10.2. The van der Waals surface area contributed by atoms with Crippen molar-refractivity contribution in [1.29, 1.82) is 0 Å². The Kier molecular flexibility index (Phi) is 8.46. The van der Waals surface area contributed by atoms with Crippen molar-refractivity contribution in [2.75, 3.05) is 32.6 Å². The van der Waals surface area contributed by atoms with Crippen LogP contribution in [0, 0.1) is 0 Å². The molecule has 2 aromatic rings. The molecule has 6 nitrogen and oxygen atoms in total. The number of pyridine rings is 1. The van der Waals surface area contributed by atoms with Gasteiger partial charge in [-0.1, -0.05) is 6.07 Å².